The number of hydrogen-bond acceptors (Lipinski definition) is 4. The van der Waals surface area contributed by atoms with Crippen LogP contribution >= 0.6 is 0 Å². The Morgan fingerprint density at radius 2 is 2.35 bits per heavy atom. The highest BCUT2D eigenvalue weighted by atomic mass is 16.3. The number of nitrogens with zero attached hydrogens (tertiary/aromatic N) is 2. The molecule has 1 aliphatic rings. The van der Waals surface area contributed by atoms with E-state index in [0.717, 1.165) is 44.8 Å². The summed E-state index contributed by atoms with van der Waals surface area (Å²) in [5.74, 6) is 2.39. The van der Waals surface area contributed by atoms with E-state index in [1.165, 1.54) is 5.56 Å². The number of nitrogens with one attached hydrogen (secondary N) is 1. The SMILES string of the molecule is CC(C)CNCc1cccnc1N1CCC(CCO)C1. The van der Waals surface area contributed by atoms with Crippen LogP contribution in [0.3, 0.4) is 0 Å². The summed E-state index contributed by atoms with van der Waals surface area (Å²) in [6, 6.07) is 4.17. The van der Waals surface area contributed by atoms with Crippen molar-refractivity contribution >= 4 is 5.82 Å². The first kappa shape index (κ1) is 15.3. The molecule has 1 atom stereocenters. The first-order chi connectivity index (χ1) is 9.70. The average Bonchev–Trinajstić information content (AvgIpc) is 2.88. The normalized spacial score (nSPS) is 19.0. The zero-order valence-electron chi connectivity index (χ0n) is 12.7. The summed E-state index contributed by atoms with van der Waals surface area (Å²) in [4.78, 5) is 6.94. The molecule has 1 aromatic heterocycles. The lowest BCUT2D eigenvalue weighted by Gasteiger charge is -2.21. The minimum absolute atomic E-state index is 0.295. The Hall–Kier alpha value is -1.13. The molecule has 0 bridgehead atoms. The summed E-state index contributed by atoms with van der Waals surface area (Å²) in [5, 5.41) is 12.6. The highest BCUT2D eigenvalue weighted by Gasteiger charge is 2.24. The Morgan fingerprint density at radius 3 is 3.10 bits per heavy atom. The van der Waals surface area contributed by atoms with Gasteiger partial charge in [-0.2, -0.15) is 0 Å². The molecule has 1 aliphatic heterocycles. The maximum atomic E-state index is 9.06. The molecule has 2 rings (SSSR count). The van der Waals surface area contributed by atoms with Crippen molar-refractivity contribution in [2.24, 2.45) is 11.8 Å². The molecule has 2 N–H and O–H groups in total. The van der Waals surface area contributed by atoms with E-state index in [-0.39, 0.29) is 0 Å². The molecule has 1 saturated heterocycles. The largest absolute Gasteiger partial charge is 0.396 e. The minimum atomic E-state index is 0.295. The molecule has 1 unspecified atom stereocenters. The van der Waals surface area contributed by atoms with Gasteiger partial charge in [-0.1, -0.05) is 19.9 Å². The number of aromatic nitrogens is 1. The maximum absolute atomic E-state index is 9.06. The lowest BCUT2D eigenvalue weighted by Crippen LogP contribution is -2.25. The predicted molar refractivity (Wildman–Crippen MR) is 82.8 cm³/mol. The van der Waals surface area contributed by atoms with Crippen molar-refractivity contribution in [1.82, 2.24) is 10.3 Å². The van der Waals surface area contributed by atoms with Gasteiger partial charge in [0, 0.05) is 38.0 Å². The Balaban J connectivity index is 1.97. The molecule has 1 aromatic rings. The van der Waals surface area contributed by atoms with Crippen LogP contribution < -0.4 is 10.2 Å². The van der Waals surface area contributed by atoms with Gasteiger partial charge in [-0.25, -0.2) is 4.98 Å². The quantitative estimate of drug-likeness (QED) is 0.801. The lowest BCUT2D eigenvalue weighted by atomic mass is 10.1. The summed E-state index contributed by atoms with van der Waals surface area (Å²) < 4.78 is 0. The topological polar surface area (TPSA) is 48.4 Å². The van der Waals surface area contributed by atoms with Gasteiger partial charge in [-0.15, -0.1) is 0 Å². The van der Waals surface area contributed by atoms with Crippen LogP contribution in [0.15, 0.2) is 18.3 Å². The third-order valence-corrected chi connectivity index (χ3v) is 3.86. The Bertz CT molecular complexity index is 408. The highest BCUT2D eigenvalue weighted by Crippen LogP contribution is 2.26. The third-order valence-electron chi connectivity index (χ3n) is 3.86. The fraction of sp³-hybridized carbons (Fsp3) is 0.688. The number of pyridine rings is 1. The molecule has 0 radical (unpaired) electrons. The molecule has 0 saturated carbocycles. The molecule has 20 heavy (non-hydrogen) atoms. The molecule has 0 aliphatic carbocycles. The molecule has 0 aromatic carbocycles. The van der Waals surface area contributed by atoms with Crippen molar-refractivity contribution in [3.05, 3.63) is 23.9 Å². The van der Waals surface area contributed by atoms with E-state index in [2.05, 4.69) is 35.1 Å². The van der Waals surface area contributed by atoms with Crippen LogP contribution in [0.2, 0.25) is 0 Å². The summed E-state index contributed by atoms with van der Waals surface area (Å²) >= 11 is 0. The van der Waals surface area contributed by atoms with Gasteiger partial charge in [0.15, 0.2) is 0 Å². The summed E-state index contributed by atoms with van der Waals surface area (Å²) in [6.07, 6.45) is 3.95. The number of aliphatic hydroxyl groups is 1. The van der Waals surface area contributed by atoms with Gasteiger partial charge in [0.25, 0.3) is 0 Å². The van der Waals surface area contributed by atoms with Gasteiger partial charge in [0.05, 0.1) is 0 Å². The summed E-state index contributed by atoms with van der Waals surface area (Å²) in [6.45, 7) is 8.72. The fourth-order valence-electron chi connectivity index (χ4n) is 2.79. The molecule has 4 nitrogen and oxygen atoms in total. The zero-order chi connectivity index (χ0) is 14.4. The molecule has 112 valence electrons. The average molecular weight is 277 g/mol. The third kappa shape index (κ3) is 4.18. The van der Waals surface area contributed by atoms with Crippen LogP contribution in [0, 0.1) is 11.8 Å². The van der Waals surface area contributed by atoms with E-state index in [4.69, 9.17) is 5.11 Å². The number of anilines is 1. The van der Waals surface area contributed by atoms with Crippen molar-refractivity contribution in [3.63, 3.8) is 0 Å². The van der Waals surface area contributed by atoms with E-state index >= 15 is 0 Å². The predicted octanol–water partition coefficient (Wildman–Crippen LogP) is 2.04. The van der Waals surface area contributed by atoms with Gasteiger partial charge in [-0.05, 0) is 37.3 Å². The van der Waals surface area contributed by atoms with Crippen LogP contribution in [-0.4, -0.2) is 36.3 Å². The smallest absolute Gasteiger partial charge is 0.133 e. The van der Waals surface area contributed by atoms with Gasteiger partial charge < -0.3 is 15.3 Å². The van der Waals surface area contributed by atoms with Gasteiger partial charge in [-0.3, -0.25) is 0 Å². The minimum Gasteiger partial charge on any atom is -0.396 e. The highest BCUT2D eigenvalue weighted by molar-refractivity contribution is 5.47. The number of rotatable bonds is 7. The van der Waals surface area contributed by atoms with E-state index in [1.54, 1.807) is 0 Å². The fourth-order valence-corrected chi connectivity index (χ4v) is 2.79. The van der Waals surface area contributed by atoms with Crippen molar-refractivity contribution < 1.29 is 5.11 Å². The first-order valence-electron chi connectivity index (χ1n) is 7.71. The second-order valence-corrected chi connectivity index (χ2v) is 6.12. The number of aliphatic hydroxyl groups excluding tert-OH is 1. The van der Waals surface area contributed by atoms with Crippen molar-refractivity contribution in [3.8, 4) is 0 Å². The maximum Gasteiger partial charge on any atom is 0.133 e. The molecular formula is C16H27N3O. The van der Waals surface area contributed by atoms with Crippen LogP contribution in [0.4, 0.5) is 5.82 Å². The van der Waals surface area contributed by atoms with E-state index < -0.39 is 0 Å². The second kappa shape index (κ2) is 7.60. The van der Waals surface area contributed by atoms with Crippen LogP contribution in [0.25, 0.3) is 0 Å². The number of hydrogen-bond donors (Lipinski definition) is 2. The van der Waals surface area contributed by atoms with Crippen LogP contribution in [-0.2, 0) is 6.54 Å². The van der Waals surface area contributed by atoms with Crippen molar-refractivity contribution in [1.29, 1.82) is 0 Å². The molecule has 1 fully saturated rings. The molecule has 0 spiro atoms. The Morgan fingerprint density at radius 1 is 1.50 bits per heavy atom. The zero-order valence-corrected chi connectivity index (χ0v) is 12.7. The van der Waals surface area contributed by atoms with Crippen molar-refractivity contribution in [2.75, 3.05) is 31.1 Å². The van der Waals surface area contributed by atoms with Gasteiger partial charge in [0.2, 0.25) is 0 Å². The van der Waals surface area contributed by atoms with E-state index in [1.807, 2.05) is 12.3 Å². The summed E-state index contributed by atoms with van der Waals surface area (Å²) in [7, 11) is 0. The molecular weight excluding hydrogens is 250 g/mol. The second-order valence-electron chi connectivity index (χ2n) is 6.12. The Labute approximate surface area is 122 Å². The Kier molecular flexibility index (Phi) is 5.80. The molecule has 4 heteroatoms. The van der Waals surface area contributed by atoms with Gasteiger partial charge in [0.1, 0.15) is 5.82 Å². The lowest BCUT2D eigenvalue weighted by molar-refractivity contribution is 0.263. The van der Waals surface area contributed by atoms with Crippen LogP contribution in [0.5, 0.6) is 0 Å². The monoisotopic (exact) mass is 277 g/mol. The van der Waals surface area contributed by atoms with Crippen LogP contribution in [0.1, 0.15) is 32.3 Å². The molecule has 2 heterocycles. The molecule has 0 amide bonds. The van der Waals surface area contributed by atoms with E-state index in [9.17, 15) is 0 Å². The first-order valence-corrected chi connectivity index (χ1v) is 7.71. The van der Waals surface area contributed by atoms with E-state index in [0.29, 0.717) is 18.4 Å². The summed E-state index contributed by atoms with van der Waals surface area (Å²) in [5.41, 5.74) is 1.28. The van der Waals surface area contributed by atoms with Crippen molar-refractivity contribution in [2.45, 2.75) is 33.2 Å². The van der Waals surface area contributed by atoms with Gasteiger partial charge >= 0.3 is 0 Å². The standard InChI is InChI=1S/C16H27N3O/c1-13(2)10-17-11-15-4-3-7-18-16(15)19-8-5-14(12-19)6-9-20/h3-4,7,13-14,17,20H,5-6,8-12H2,1-2H3.